The SMILES string of the molecule is C[C@@H]1CCc2sc(C(=O)OCC(=O)NC3CCCCCC3)cc2C1. The van der Waals surface area contributed by atoms with Crippen molar-refractivity contribution in [2.45, 2.75) is 70.8 Å². The number of carbonyl (C=O) groups is 2. The number of aryl methyl sites for hydroxylation is 1. The van der Waals surface area contributed by atoms with Gasteiger partial charge in [0.1, 0.15) is 4.88 Å². The molecule has 1 amide bonds. The average Bonchev–Trinajstić information content (AvgIpc) is 2.81. The van der Waals surface area contributed by atoms with Crippen LogP contribution in [0.1, 0.15) is 72.0 Å². The number of hydrogen-bond donors (Lipinski definition) is 1. The van der Waals surface area contributed by atoms with Gasteiger partial charge in [-0.25, -0.2) is 4.79 Å². The van der Waals surface area contributed by atoms with E-state index in [0.717, 1.165) is 25.7 Å². The van der Waals surface area contributed by atoms with Crippen LogP contribution in [0.15, 0.2) is 6.07 Å². The lowest BCUT2D eigenvalue weighted by atomic mass is 9.90. The van der Waals surface area contributed by atoms with E-state index in [4.69, 9.17) is 4.74 Å². The highest BCUT2D eigenvalue weighted by Gasteiger charge is 2.22. The first kappa shape index (κ1) is 17.5. The van der Waals surface area contributed by atoms with Gasteiger partial charge in [-0.15, -0.1) is 11.3 Å². The Labute approximate surface area is 148 Å². The van der Waals surface area contributed by atoms with E-state index in [2.05, 4.69) is 12.2 Å². The van der Waals surface area contributed by atoms with Crippen molar-refractivity contribution in [3.8, 4) is 0 Å². The van der Waals surface area contributed by atoms with Crippen LogP contribution in [0.3, 0.4) is 0 Å². The number of fused-ring (bicyclic) bond motifs is 1. The lowest BCUT2D eigenvalue weighted by molar-refractivity contribution is -0.125. The number of carbonyl (C=O) groups excluding carboxylic acids is 2. The number of esters is 1. The Morgan fingerprint density at radius 1 is 1.21 bits per heavy atom. The van der Waals surface area contributed by atoms with Gasteiger partial charge >= 0.3 is 5.97 Å². The summed E-state index contributed by atoms with van der Waals surface area (Å²) in [5.41, 5.74) is 1.29. The molecular weight excluding hydrogens is 322 g/mol. The molecule has 0 spiro atoms. The van der Waals surface area contributed by atoms with Crippen LogP contribution in [0.5, 0.6) is 0 Å². The monoisotopic (exact) mass is 349 g/mol. The first-order chi connectivity index (χ1) is 11.6. The molecular formula is C19H27NO3S. The molecule has 1 heterocycles. The van der Waals surface area contributed by atoms with E-state index in [1.165, 1.54) is 53.9 Å². The van der Waals surface area contributed by atoms with Gasteiger partial charge in [-0.3, -0.25) is 4.79 Å². The number of nitrogens with one attached hydrogen (secondary N) is 1. The van der Waals surface area contributed by atoms with Crippen LogP contribution in [0.25, 0.3) is 0 Å². The van der Waals surface area contributed by atoms with Crippen molar-refractivity contribution < 1.29 is 14.3 Å². The summed E-state index contributed by atoms with van der Waals surface area (Å²) >= 11 is 1.53. The fourth-order valence-electron chi connectivity index (χ4n) is 3.70. The molecule has 0 saturated heterocycles. The third-order valence-electron chi connectivity index (χ3n) is 5.09. The molecule has 132 valence electrons. The van der Waals surface area contributed by atoms with E-state index in [-0.39, 0.29) is 24.5 Å². The normalized spacial score (nSPS) is 21.6. The van der Waals surface area contributed by atoms with Gasteiger partial charge in [0.2, 0.25) is 0 Å². The van der Waals surface area contributed by atoms with Crippen molar-refractivity contribution in [2.75, 3.05) is 6.61 Å². The summed E-state index contributed by atoms with van der Waals surface area (Å²) < 4.78 is 5.23. The molecule has 1 saturated carbocycles. The number of ether oxygens (including phenoxy) is 1. The zero-order chi connectivity index (χ0) is 16.9. The highest BCUT2D eigenvalue weighted by Crippen LogP contribution is 2.32. The Bertz CT molecular complexity index is 587. The Balaban J connectivity index is 1.47. The van der Waals surface area contributed by atoms with Crippen LogP contribution in [0.2, 0.25) is 0 Å². The molecule has 2 aliphatic carbocycles. The van der Waals surface area contributed by atoms with Crippen LogP contribution in [0, 0.1) is 5.92 Å². The molecule has 24 heavy (non-hydrogen) atoms. The Morgan fingerprint density at radius 2 is 1.96 bits per heavy atom. The third kappa shape index (κ3) is 4.59. The molecule has 5 heteroatoms. The van der Waals surface area contributed by atoms with Gasteiger partial charge in [0.05, 0.1) is 0 Å². The number of amides is 1. The second kappa shape index (κ2) is 8.15. The minimum Gasteiger partial charge on any atom is -0.451 e. The lowest BCUT2D eigenvalue weighted by Crippen LogP contribution is -2.37. The van der Waals surface area contributed by atoms with Gasteiger partial charge in [0.25, 0.3) is 5.91 Å². The minimum absolute atomic E-state index is 0.172. The van der Waals surface area contributed by atoms with Crippen molar-refractivity contribution in [1.82, 2.24) is 5.32 Å². The standard InChI is InChI=1S/C19H27NO3S/c1-13-8-9-16-14(10-13)11-17(24-16)19(22)23-12-18(21)20-15-6-4-2-3-5-7-15/h11,13,15H,2-10,12H2,1H3,(H,20,21)/t13-/m1/s1. The van der Waals surface area contributed by atoms with Crippen LogP contribution in [0.4, 0.5) is 0 Å². The first-order valence-corrected chi connectivity index (χ1v) is 10.0. The molecule has 0 aliphatic heterocycles. The van der Waals surface area contributed by atoms with Crippen molar-refractivity contribution in [3.05, 3.63) is 21.4 Å². The lowest BCUT2D eigenvalue weighted by Gasteiger charge is -2.16. The second-order valence-electron chi connectivity index (χ2n) is 7.24. The van der Waals surface area contributed by atoms with E-state index < -0.39 is 0 Å². The van der Waals surface area contributed by atoms with E-state index in [1.54, 1.807) is 0 Å². The molecule has 1 fully saturated rings. The van der Waals surface area contributed by atoms with E-state index in [9.17, 15) is 9.59 Å². The predicted molar refractivity (Wildman–Crippen MR) is 95.4 cm³/mol. The van der Waals surface area contributed by atoms with Gasteiger partial charge in [-0.05, 0) is 49.7 Å². The summed E-state index contributed by atoms with van der Waals surface area (Å²) in [6, 6.07) is 2.20. The van der Waals surface area contributed by atoms with Crippen LogP contribution >= 0.6 is 11.3 Å². The van der Waals surface area contributed by atoms with Crippen molar-refractivity contribution in [1.29, 1.82) is 0 Å². The fraction of sp³-hybridized carbons (Fsp3) is 0.684. The quantitative estimate of drug-likeness (QED) is 0.663. The van der Waals surface area contributed by atoms with Gasteiger partial charge in [0, 0.05) is 10.9 Å². The Morgan fingerprint density at radius 3 is 2.71 bits per heavy atom. The van der Waals surface area contributed by atoms with E-state index in [1.807, 2.05) is 6.07 Å². The third-order valence-corrected chi connectivity index (χ3v) is 6.30. The zero-order valence-electron chi connectivity index (χ0n) is 14.4. The Kier molecular flexibility index (Phi) is 5.93. The van der Waals surface area contributed by atoms with Crippen molar-refractivity contribution >= 4 is 23.2 Å². The van der Waals surface area contributed by atoms with Crippen molar-refractivity contribution in [2.24, 2.45) is 5.92 Å². The van der Waals surface area contributed by atoms with Gasteiger partial charge in [-0.1, -0.05) is 32.6 Å². The van der Waals surface area contributed by atoms with Gasteiger partial charge in [0.15, 0.2) is 6.61 Å². The topological polar surface area (TPSA) is 55.4 Å². The molecule has 2 aliphatic rings. The zero-order valence-corrected chi connectivity index (χ0v) is 15.3. The van der Waals surface area contributed by atoms with Gasteiger partial charge < -0.3 is 10.1 Å². The molecule has 3 rings (SSSR count). The summed E-state index contributed by atoms with van der Waals surface area (Å²) in [7, 11) is 0. The van der Waals surface area contributed by atoms with Crippen LogP contribution in [-0.2, 0) is 22.4 Å². The predicted octanol–water partition coefficient (Wildman–Crippen LogP) is 3.87. The number of thiophene rings is 1. The largest absolute Gasteiger partial charge is 0.451 e. The van der Waals surface area contributed by atoms with E-state index >= 15 is 0 Å². The summed E-state index contributed by atoms with van der Waals surface area (Å²) in [6.45, 7) is 2.07. The second-order valence-corrected chi connectivity index (χ2v) is 8.38. The molecule has 1 atom stereocenters. The molecule has 1 N–H and O–H groups in total. The smallest absolute Gasteiger partial charge is 0.348 e. The molecule has 0 radical (unpaired) electrons. The molecule has 0 bridgehead atoms. The highest BCUT2D eigenvalue weighted by molar-refractivity contribution is 7.14. The first-order valence-electron chi connectivity index (χ1n) is 9.20. The summed E-state index contributed by atoms with van der Waals surface area (Å²) in [5.74, 6) is 0.143. The molecule has 1 aromatic heterocycles. The summed E-state index contributed by atoms with van der Waals surface area (Å²) in [5, 5.41) is 3.01. The van der Waals surface area contributed by atoms with Crippen molar-refractivity contribution in [3.63, 3.8) is 0 Å². The van der Waals surface area contributed by atoms with Crippen LogP contribution < -0.4 is 5.32 Å². The molecule has 0 unspecified atom stereocenters. The number of hydrogen-bond acceptors (Lipinski definition) is 4. The van der Waals surface area contributed by atoms with E-state index in [0.29, 0.717) is 10.8 Å². The summed E-state index contributed by atoms with van der Waals surface area (Å²) in [4.78, 5) is 26.2. The minimum atomic E-state index is -0.363. The Hall–Kier alpha value is -1.36. The maximum Gasteiger partial charge on any atom is 0.348 e. The number of rotatable bonds is 4. The van der Waals surface area contributed by atoms with Gasteiger partial charge in [-0.2, -0.15) is 0 Å². The average molecular weight is 349 g/mol. The fourth-order valence-corrected chi connectivity index (χ4v) is 4.80. The summed E-state index contributed by atoms with van der Waals surface area (Å²) in [6.07, 6.45) is 10.2. The highest BCUT2D eigenvalue weighted by atomic mass is 32.1. The molecule has 0 aromatic carbocycles. The molecule has 1 aromatic rings. The maximum atomic E-state index is 12.2. The molecule has 4 nitrogen and oxygen atoms in total. The maximum absolute atomic E-state index is 12.2. The van der Waals surface area contributed by atoms with Crippen LogP contribution in [-0.4, -0.2) is 24.5 Å².